The number of nitrogens with one attached hydrogen (secondary N) is 1. The summed E-state index contributed by atoms with van der Waals surface area (Å²) in [5, 5.41) is 15.6. The molecule has 32 heavy (non-hydrogen) atoms. The molecule has 1 aromatic carbocycles. The first-order valence-electron chi connectivity index (χ1n) is 10.3. The summed E-state index contributed by atoms with van der Waals surface area (Å²) < 4.78 is 21.5. The second kappa shape index (κ2) is 8.22. The Hall–Kier alpha value is -2.90. The number of hydrogen-bond acceptors (Lipinski definition) is 4. The third kappa shape index (κ3) is 3.98. The van der Waals surface area contributed by atoms with Gasteiger partial charge in [-0.2, -0.15) is 5.10 Å². The maximum Gasteiger partial charge on any atom is 0.142 e. The zero-order valence-electron chi connectivity index (χ0n) is 18.7. The van der Waals surface area contributed by atoms with Crippen LogP contribution in [0.4, 0.5) is 4.39 Å². The Morgan fingerprint density at radius 2 is 2.06 bits per heavy atom. The van der Waals surface area contributed by atoms with Gasteiger partial charge in [-0.15, -0.1) is 0 Å². The number of fused-ring (bicyclic) bond motifs is 1. The lowest BCUT2D eigenvalue weighted by atomic mass is 9.91. The van der Waals surface area contributed by atoms with Crippen LogP contribution in [0.2, 0.25) is 5.02 Å². The van der Waals surface area contributed by atoms with E-state index >= 15 is 0 Å². The van der Waals surface area contributed by atoms with Crippen molar-refractivity contribution in [1.82, 2.24) is 19.7 Å². The molecule has 0 amide bonds. The fourth-order valence-electron chi connectivity index (χ4n) is 4.07. The summed E-state index contributed by atoms with van der Waals surface area (Å²) in [6, 6.07) is 4.94. The van der Waals surface area contributed by atoms with E-state index in [-0.39, 0.29) is 10.9 Å². The summed E-state index contributed by atoms with van der Waals surface area (Å²) >= 11 is 6.33. The van der Waals surface area contributed by atoms with Crippen molar-refractivity contribution in [3.05, 3.63) is 64.5 Å². The number of benzene rings is 1. The van der Waals surface area contributed by atoms with Crippen LogP contribution in [0.25, 0.3) is 22.2 Å². The number of H-pyrrole nitrogens is 1. The van der Waals surface area contributed by atoms with Crippen LogP contribution in [0.3, 0.4) is 0 Å². The Morgan fingerprint density at radius 1 is 1.31 bits per heavy atom. The predicted molar refractivity (Wildman–Crippen MR) is 124 cm³/mol. The van der Waals surface area contributed by atoms with E-state index in [0.29, 0.717) is 17.9 Å². The Balaban J connectivity index is 1.80. The molecular formula is C24H26ClFN4O2. The Bertz CT molecular complexity index is 1290. The van der Waals surface area contributed by atoms with Crippen molar-refractivity contribution >= 4 is 22.6 Å². The molecule has 0 saturated heterocycles. The lowest BCUT2D eigenvalue weighted by molar-refractivity contribution is 0.0571. The van der Waals surface area contributed by atoms with Crippen LogP contribution in [0.1, 0.15) is 43.5 Å². The van der Waals surface area contributed by atoms with E-state index in [0.717, 1.165) is 33.4 Å². The number of nitrogens with zero attached hydrogens (tertiary/aromatic N) is 3. The monoisotopic (exact) mass is 456 g/mol. The topological polar surface area (TPSA) is 76.0 Å². The number of rotatable bonds is 6. The highest BCUT2D eigenvalue weighted by Crippen LogP contribution is 2.41. The van der Waals surface area contributed by atoms with Gasteiger partial charge in [0.2, 0.25) is 0 Å². The van der Waals surface area contributed by atoms with Crippen LogP contribution in [0.15, 0.2) is 36.8 Å². The molecule has 0 bridgehead atoms. The van der Waals surface area contributed by atoms with E-state index in [1.807, 2.05) is 26.1 Å². The Morgan fingerprint density at radius 3 is 2.75 bits per heavy atom. The van der Waals surface area contributed by atoms with Crippen molar-refractivity contribution in [3.63, 3.8) is 0 Å². The van der Waals surface area contributed by atoms with Crippen LogP contribution in [0, 0.1) is 12.7 Å². The van der Waals surface area contributed by atoms with Gasteiger partial charge in [-0.05, 0) is 44.5 Å². The first kappa shape index (κ1) is 22.3. The number of aromatic amines is 1. The van der Waals surface area contributed by atoms with E-state index in [1.165, 1.54) is 6.07 Å². The Labute approximate surface area is 191 Å². The van der Waals surface area contributed by atoms with Crippen molar-refractivity contribution in [1.29, 1.82) is 0 Å². The number of aliphatic hydroxyl groups is 1. The molecule has 2 N–H and O–H groups in total. The maximum absolute atomic E-state index is 14.2. The molecule has 4 aromatic rings. The van der Waals surface area contributed by atoms with Crippen LogP contribution >= 0.6 is 11.6 Å². The second-order valence-corrected chi connectivity index (χ2v) is 9.05. The van der Waals surface area contributed by atoms with Gasteiger partial charge in [-0.25, -0.2) is 9.37 Å². The first-order chi connectivity index (χ1) is 15.1. The quantitative estimate of drug-likeness (QED) is 0.404. The van der Waals surface area contributed by atoms with Crippen LogP contribution in [-0.2, 0) is 6.54 Å². The first-order valence-corrected chi connectivity index (χ1v) is 10.7. The zero-order valence-corrected chi connectivity index (χ0v) is 19.5. The van der Waals surface area contributed by atoms with E-state index in [9.17, 15) is 9.50 Å². The molecule has 0 fully saturated rings. The summed E-state index contributed by atoms with van der Waals surface area (Å²) in [7, 11) is 1.54. The highest BCUT2D eigenvalue weighted by molar-refractivity contribution is 6.31. The molecule has 0 aliphatic heterocycles. The molecule has 1 atom stereocenters. The normalized spacial score (nSPS) is 13.0. The molecule has 3 heterocycles. The molecular weight excluding hydrogens is 431 g/mol. The summed E-state index contributed by atoms with van der Waals surface area (Å²) in [6.45, 7) is 7.82. The average molecular weight is 457 g/mol. The minimum Gasteiger partial charge on any atom is -0.496 e. The van der Waals surface area contributed by atoms with Gasteiger partial charge in [0.05, 0.1) is 30.5 Å². The molecule has 0 aliphatic rings. The molecule has 0 radical (unpaired) electrons. The number of methoxy groups -OCH3 is 1. The van der Waals surface area contributed by atoms with Crippen LogP contribution in [0.5, 0.6) is 5.75 Å². The number of aromatic nitrogens is 4. The van der Waals surface area contributed by atoms with Gasteiger partial charge >= 0.3 is 0 Å². The average Bonchev–Trinajstić information content (AvgIpc) is 3.31. The molecule has 8 heteroatoms. The van der Waals surface area contributed by atoms with Crippen LogP contribution in [-0.4, -0.2) is 37.6 Å². The number of halogens is 2. The maximum atomic E-state index is 14.2. The zero-order chi connectivity index (χ0) is 23.2. The second-order valence-electron chi connectivity index (χ2n) is 8.68. The molecule has 168 valence electrons. The number of ether oxygens (including phenoxy) is 1. The highest BCUT2D eigenvalue weighted by Gasteiger charge is 2.23. The van der Waals surface area contributed by atoms with E-state index in [4.69, 9.17) is 16.3 Å². The van der Waals surface area contributed by atoms with E-state index < -0.39 is 11.4 Å². The van der Waals surface area contributed by atoms with Crippen LogP contribution < -0.4 is 4.74 Å². The number of pyridine rings is 1. The smallest absolute Gasteiger partial charge is 0.142 e. The molecule has 0 unspecified atom stereocenters. The van der Waals surface area contributed by atoms with Gasteiger partial charge in [0.15, 0.2) is 0 Å². The number of hydrogen-bond donors (Lipinski definition) is 2. The molecule has 0 aliphatic carbocycles. The highest BCUT2D eigenvalue weighted by atomic mass is 35.5. The van der Waals surface area contributed by atoms with Gasteiger partial charge in [0.1, 0.15) is 17.2 Å². The minimum atomic E-state index is -0.872. The summed E-state index contributed by atoms with van der Waals surface area (Å²) in [5.41, 5.74) is 4.16. The summed E-state index contributed by atoms with van der Waals surface area (Å²) in [6.07, 6.45) is 5.45. The molecule has 3 aromatic heterocycles. The largest absolute Gasteiger partial charge is 0.496 e. The fourth-order valence-corrected chi connectivity index (χ4v) is 4.39. The Kier molecular flexibility index (Phi) is 5.73. The third-order valence-electron chi connectivity index (χ3n) is 5.73. The lowest BCUT2D eigenvalue weighted by Gasteiger charge is -2.18. The van der Waals surface area contributed by atoms with Gasteiger partial charge < -0.3 is 14.8 Å². The fraction of sp³-hybridized carbons (Fsp3) is 0.333. The molecule has 0 spiro atoms. The van der Waals surface area contributed by atoms with Crippen molar-refractivity contribution < 1.29 is 14.2 Å². The predicted octanol–water partition coefficient (Wildman–Crippen LogP) is 5.46. The van der Waals surface area contributed by atoms with Gasteiger partial charge in [0.25, 0.3) is 0 Å². The minimum absolute atomic E-state index is 0.0547. The van der Waals surface area contributed by atoms with Gasteiger partial charge in [-0.1, -0.05) is 18.5 Å². The summed E-state index contributed by atoms with van der Waals surface area (Å²) in [5.74, 6) is -0.188. The van der Waals surface area contributed by atoms with Gasteiger partial charge in [0, 0.05) is 46.1 Å². The molecule has 6 nitrogen and oxygen atoms in total. The third-order valence-corrected chi connectivity index (χ3v) is 6.11. The lowest BCUT2D eigenvalue weighted by Crippen LogP contribution is -2.27. The molecule has 4 rings (SSSR count). The van der Waals surface area contributed by atoms with Gasteiger partial charge in [-0.3, -0.25) is 4.68 Å². The summed E-state index contributed by atoms with van der Waals surface area (Å²) in [4.78, 5) is 7.78. The van der Waals surface area contributed by atoms with Crippen molar-refractivity contribution in [3.8, 4) is 16.9 Å². The SMILES string of the molecule is COc1ccc(F)c(Cl)c1[C@@H](C)c1c[nH]c2ncc(-c3cnn(CC(C)(C)O)c3C)cc12. The molecule has 0 saturated carbocycles. The standard InChI is InChI=1S/C24H26ClFN4O2/c1-13(21-20(32-5)7-6-19(26)22(21)25)17-10-28-23-16(17)8-15(9-27-23)18-11-29-30(14(18)2)12-24(3,4)31/h6-11,13,31H,12H2,1-5H3,(H,27,28)/t13-/m0/s1. The van der Waals surface area contributed by atoms with E-state index in [2.05, 4.69) is 15.1 Å². The van der Waals surface area contributed by atoms with Crippen molar-refractivity contribution in [2.24, 2.45) is 0 Å². The van der Waals surface area contributed by atoms with Crippen molar-refractivity contribution in [2.45, 2.75) is 45.8 Å². The van der Waals surface area contributed by atoms with E-state index in [1.54, 1.807) is 44.1 Å². The van der Waals surface area contributed by atoms with Crippen molar-refractivity contribution in [2.75, 3.05) is 7.11 Å².